The van der Waals surface area contributed by atoms with Crippen molar-refractivity contribution in [1.29, 1.82) is 0 Å². The number of benzene rings is 3. The first-order chi connectivity index (χ1) is 14.4. The number of carbonyl (C=O) groups is 1. The van der Waals surface area contributed by atoms with E-state index in [9.17, 15) is 13.2 Å². The van der Waals surface area contributed by atoms with E-state index in [0.717, 1.165) is 15.4 Å². The van der Waals surface area contributed by atoms with Crippen LogP contribution in [-0.4, -0.2) is 28.0 Å². The normalized spacial score (nSPS) is 11.0. The highest BCUT2D eigenvalue weighted by Crippen LogP contribution is 2.26. The van der Waals surface area contributed by atoms with Gasteiger partial charge in [-0.25, -0.2) is 8.42 Å². The summed E-state index contributed by atoms with van der Waals surface area (Å²) in [5.74, 6) is 0.0960. The molecule has 3 rings (SSSR count). The van der Waals surface area contributed by atoms with E-state index >= 15 is 0 Å². The molecular weight excluding hydrogens is 400 g/mol. The van der Waals surface area contributed by atoms with E-state index in [-0.39, 0.29) is 11.4 Å². The van der Waals surface area contributed by atoms with Crippen LogP contribution in [-0.2, 0) is 21.4 Å². The number of aryl methyl sites for hydroxylation is 1. The Morgan fingerprint density at radius 3 is 2.33 bits per heavy atom. The summed E-state index contributed by atoms with van der Waals surface area (Å²) in [5, 5.41) is 2.79. The van der Waals surface area contributed by atoms with Crippen molar-refractivity contribution in [2.24, 2.45) is 0 Å². The second-order valence-corrected chi connectivity index (χ2v) is 8.65. The molecule has 0 saturated carbocycles. The van der Waals surface area contributed by atoms with Gasteiger partial charge in [0.1, 0.15) is 12.3 Å². The van der Waals surface area contributed by atoms with E-state index < -0.39 is 15.9 Å². The van der Waals surface area contributed by atoms with Gasteiger partial charge in [0.2, 0.25) is 5.91 Å². The zero-order valence-electron chi connectivity index (χ0n) is 16.9. The van der Waals surface area contributed by atoms with Crippen molar-refractivity contribution in [3.8, 4) is 5.75 Å². The number of hydrogen-bond acceptors (Lipinski definition) is 4. The fourth-order valence-electron chi connectivity index (χ4n) is 2.89. The summed E-state index contributed by atoms with van der Waals surface area (Å²) in [7, 11) is -2.44. The fraction of sp³-hybridized carbons (Fsp3) is 0.174. The zero-order valence-corrected chi connectivity index (χ0v) is 17.7. The molecule has 7 heteroatoms. The lowest BCUT2D eigenvalue weighted by molar-refractivity contribution is -0.119. The van der Waals surface area contributed by atoms with Crippen LogP contribution in [0.4, 0.5) is 5.69 Å². The number of nitrogens with one attached hydrogen (secondary N) is 1. The molecule has 30 heavy (non-hydrogen) atoms. The van der Waals surface area contributed by atoms with Gasteiger partial charge in [-0.2, -0.15) is 0 Å². The fourth-order valence-corrected chi connectivity index (χ4v) is 4.33. The van der Waals surface area contributed by atoms with Crippen LogP contribution in [0.1, 0.15) is 11.1 Å². The van der Waals surface area contributed by atoms with E-state index in [2.05, 4.69) is 5.32 Å². The number of amides is 1. The maximum atomic E-state index is 13.3. The Bertz CT molecular complexity index is 1100. The van der Waals surface area contributed by atoms with Crippen LogP contribution in [0.2, 0.25) is 0 Å². The van der Waals surface area contributed by atoms with Crippen molar-refractivity contribution in [2.75, 3.05) is 18.0 Å². The molecule has 0 aromatic heterocycles. The summed E-state index contributed by atoms with van der Waals surface area (Å²) >= 11 is 0. The number of hydrogen-bond donors (Lipinski definition) is 1. The van der Waals surface area contributed by atoms with Crippen molar-refractivity contribution in [3.05, 3.63) is 90.0 Å². The van der Waals surface area contributed by atoms with E-state index in [1.54, 1.807) is 42.5 Å². The molecule has 0 atom stereocenters. The summed E-state index contributed by atoms with van der Waals surface area (Å²) < 4.78 is 32.9. The molecule has 3 aromatic carbocycles. The van der Waals surface area contributed by atoms with Gasteiger partial charge in [0.15, 0.2) is 0 Å². The molecule has 0 aliphatic rings. The number of ether oxygens (including phenoxy) is 1. The minimum atomic E-state index is -3.95. The summed E-state index contributed by atoms with van der Waals surface area (Å²) in [4.78, 5) is 12.8. The first-order valence-electron chi connectivity index (χ1n) is 9.44. The molecule has 3 aromatic rings. The Labute approximate surface area is 177 Å². The third-order valence-electron chi connectivity index (χ3n) is 4.57. The Balaban J connectivity index is 1.85. The van der Waals surface area contributed by atoms with Crippen LogP contribution >= 0.6 is 0 Å². The molecule has 0 unspecified atom stereocenters. The topological polar surface area (TPSA) is 75.7 Å². The van der Waals surface area contributed by atoms with Gasteiger partial charge in [0.25, 0.3) is 10.0 Å². The van der Waals surface area contributed by atoms with Gasteiger partial charge in [0.05, 0.1) is 17.7 Å². The lowest BCUT2D eigenvalue weighted by atomic mass is 10.1. The minimum Gasteiger partial charge on any atom is -0.497 e. The Hall–Kier alpha value is -3.32. The molecule has 1 amide bonds. The predicted octanol–water partition coefficient (Wildman–Crippen LogP) is 3.52. The first-order valence-corrected chi connectivity index (χ1v) is 10.9. The monoisotopic (exact) mass is 424 g/mol. The van der Waals surface area contributed by atoms with Crippen LogP contribution in [0.15, 0.2) is 83.8 Å². The average molecular weight is 425 g/mol. The van der Waals surface area contributed by atoms with Gasteiger partial charge in [-0.05, 0) is 36.8 Å². The van der Waals surface area contributed by atoms with Gasteiger partial charge in [-0.15, -0.1) is 0 Å². The largest absolute Gasteiger partial charge is 0.497 e. The number of sulfonamides is 1. The van der Waals surface area contributed by atoms with Crippen molar-refractivity contribution >= 4 is 21.6 Å². The molecule has 156 valence electrons. The summed E-state index contributed by atoms with van der Waals surface area (Å²) in [5.41, 5.74) is 2.42. The van der Waals surface area contributed by atoms with Crippen LogP contribution in [0.5, 0.6) is 5.75 Å². The maximum absolute atomic E-state index is 13.3. The molecule has 0 saturated heterocycles. The van der Waals surface area contributed by atoms with Gasteiger partial charge in [0, 0.05) is 12.6 Å². The standard InChI is InChI=1S/C23H24N2O4S/c1-18-11-13-19(14-12-18)16-24-23(26)17-25(20-7-6-8-21(15-20)29-2)30(27,28)22-9-4-3-5-10-22/h3-15H,16-17H2,1-2H3,(H,24,26). The van der Waals surface area contributed by atoms with E-state index in [0.29, 0.717) is 18.0 Å². The highest BCUT2D eigenvalue weighted by Gasteiger charge is 2.27. The third kappa shape index (κ3) is 5.18. The van der Waals surface area contributed by atoms with E-state index in [4.69, 9.17) is 4.74 Å². The average Bonchev–Trinajstić information content (AvgIpc) is 2.77. The maximum Gasteiger partial charge on any atom is 0.264 e. The van der Waals surface area contributed by atoms with Gasteiger partial charge < -0.3 is 10.1 Å². The van der Waals surface area contributed by atoms with Crippen LogP contribution in [0.25, 0.3) is 0 Å². The molecule has 1 N–H and O–H groups in total. The zero-order chi connectivity index (χ0) is 21.6. The number of carbonyl (C=O) groups excluding carboxylic acids is 1. The summed E-state index contributed by atoms with van der Waals surface area (Å²) in [6, 6.07) is 22.5. The molecule has 0 aliphatic carbocycles. The smallest absolute Gasteiger partial charge is 0.264 e. The quantitative estimate of drug-likeness (QED) is 0.600. The number of anilines is 1. The van der Waals surface area contributed by atoms with Gasteiger partial charge in [-0.3, -0.25) is 9.10 Å². The van der Waals surface area contributed by atoms with E-state index in [1.165, 1.54) is 19.2 Å². The number of methoxy groups -OCH3 is 1. The van der Waals surface area contributed by atoms with Crippen molar-refractivity contribution in [1.82, 2.24) is 5.32 Å². The highest BCUT2D eigenvalue weighted by atomic mass is 32.2. The Morgan fingerprint density at radius 2 is 1.67 bits per heavy atom. The Morgan fingerprint density at radius 1 is 0.967 bits per heavy atom. The number of nitrogens with zero attached hydrogens (tertiary/aromatic N) is 1. The Kier molecular flexibility index (Phi) is 6.74. The molecule has 6 nitrogen and oxygen atoms in total. The molecule has 0 heterocycles. The SMILES string of the molecule is COc1cccc(N(CC(=O)NCc2ccc(C)cc2)S(=O)(=O)c2ccccc2)c1. The highest BCUT2D eigenvalue weighted by molar-refractivity contribution is 7.92. The van der Waals surface area contributed by atoms with Crippen molar-refractivity contribution < 1.29 is 17.9 Å². The van der Waals surface area contributed by atoms with Crippen molar-refractivity contribution in [3.63, 3.8) is 0 Å². The van der Waals surface area contributed by atoms with Gasteiger partial charge >= 0.3 is 0 Å². The van der Waals surface area contributed by atoms with Crippen LogP contribution in [0.3, 0.4) is 0 Å². The summed E-state index contributed by atoms with van der Waals surface area (Å²) in [6.45, 7) is 1.95. The second kappa shape index (κ2) is 9.45. The first kappa shape index (κ1) is 21.4. The van der Waals surface area contributed by atoms with Crippen molar-refractivity contribution in [2.45, 2.75) is 18.4 Å². The molecular formula is C23H24N2O4S. The second-order valence-electron chi connectivity index (χ2n) is 6.79. The molecule has 0 bridgehead atoms. The lowest BCUT2D eigenvalue weighted by Crippen LogP contribution is -2.40. The molecule has 0 fully saturated rings. The summed E-state index contributed by atoms with van der Waals surface area (Å²) in [6.07, 6.45) is 0. The molecule has 0 aliphatic heterocycles. The number of rotatable bonds is 8. The minimum absolute atomic E-state index is 0.110. The van der Waals surface area contributed by atoms with E-state index in [1.807, 2.05) is 31.2 Å². The van der Waals surface area contributed by atoms with Crippen LogP contribution in [0, 0.1) is 6.92 Å². The predicted molar refractivity (Wildman–Crippen MR) is 117 cm³/mol. The molecule has 0 radical (unpaired) electrons. The van der Waals surface area contributed by atoms with Crippen LogP contribution < -0.4 is 14.4 Å². The molecule has 0 spiro atoms. The van der Waals surface area contributed by atoms with Gasteiger partial charge in [-0.1, -0.05) is 54.1 Å². The third-order valence-corrected chi connectivity index (χ3v) is 6.36. The lowest BCUT2D eigenvalue weighted by Gasteiger charge is -2.24.